The van der Waals surface area contributed by atoms with Gasteiger partial charge in [-0.2, -0.15) is 5.10 Å². The third-order valence-electron chi connectivity index (χ3n) is 2.71. The molecule has 0 saturated carbocycles. The van der Waals surface area contributed by atoms with E-state index in [0.717, 1.165) is 0 Å². The van der Waals surface area contributed by atoms with Crippen molar-refractivity contribution in [2.45, 2.75) is 0 Å². The van der Waals surface area contributed by atoms with Gasteiger partial charge in [0.15, 0.2) is 0 Å². The molecule has 0 aliphatic rings. The maximum absolute atomic E-state index is 11.2. The van der Waals surface area contributed by atoms with Crippen LogP contribution >= 0.6 is 0 Å². The van der Waals surface area contributed by atoms with Crippen molar-refractivity contribution in [2.24, 2.45) is 0 Å². The zero-order valence-corrected chi connectivity index (χ0v) is 10.4. The van der Waals surface area contributed by atoms with E-state index in [1.807, 2.05) is 0 Å². The van der Waals surface area contributed by atoms with Crippen LogP contribution < -0.4 is 15.2 Å². The molecule has 0 radical (unpaired) electrons. The monoisotopic (exact) mass is 263 g/mol. The zero-order chi connectivity index (χ0) is 14.0. The van der Waals surface area contributed by atoms with Crippen LogP contribution in [-0.4, -0.2) is 35.5 Å². The lowest BCUT2D eigenvalue weighted by Crippen LogP contribution is -2.02. The average molecular weight is 263 g/mol. The van der Waals surface area contributed by atoms with Gasteiger partial charge in [0.25, 0.3) is 0 Å². The van der Waals surface area contributed by atoms with Crippen molar-refractivity contribution in [1.29, 1.82) is 0 Å². The van der Waals surface area contributed by atoms with Gasteiger partial charge in [0.1, 0.15) is 22.9 Å². The van der Waals surface area contributed by atoms with Gasteiger partial charge in [-0.1, -0.05) is 0 Å². The molecule has 0 bridgehead atoms. The number of rotatable bonds is 4. The maximum atomic E-state index is 11.2. The molecule has 0 atom stereocenters. The molecular weight excluding hydrogens is 250 g/mol. The predicted molar refractivity (Wildman–Crippen MR) is 68.5 cm³/mol. The van der Waals surface area contributed by atoms with Crippen LogP contribution in [0.25, 0.3) is 11.1 Å². The van der Waals surface area contributed by atoms with Crippen LogP contribution in [0.3, 0.4) is 0 Å². The fourth-order valence-corrected chi connectivity index (χ4v) is 1.79. The molecule has 19 heavy (non-hydrogen) atoms. The first-order valence-corrected chi connectivity index (χ1v) is 5.37. The fraction of sp³-hybridized carbons (Fsp3) is 0.167. The Hall–Kier alpha value is -2.70. The molecule has 0 saturated heterocycles. The van der Waals surface area contributed by atoms with Crippen LogP contribution in [0.15, 0.2) is 18.3 Å². The van der Waals surface area contributed by atoms with Crippen LogP contribution in [-0.2, 0) is 0 Å². The Morgan fingerprint density at radius 1 is 1.26 bits per heavy atom. The number of nitrogens with one attached hydrogen (secondary N) is 1. The maximum Gasteiger partial charge on any atom is 0.339 e. The SMILES string of the molecule is COc1cc(OC)c(-c2cn[nH]c2N)cc1C(=O)O. The Balaban J connectivity index is 2.69. The molecule has 0 spiro atoms. The fourth-order valence-electron chi connectivity index (χ4n) is 1.79. The Labute approximate surface area is 109 Å². The number of methoxy groups -OCH3 is 2. The summed E-state index contributed by atoms with van der Waals surface area (Å²) in [4.78, 5) is 11.2. The number of ether oxygens (including phenoxy) is 2. The van der Waals surface area contributed by atoms with Crippen molar-refractivity contribution in [2.75, 3.05) is 20.0 Å². The Morgan fingerprint density at radius 3 is 2.42 bits per heavy atom. The van der Waals surface area contributed by atoms with E-state index in [-0.39, 0.29) is 11.3 Å². The van der Waals surface area contributed by atoms with Gasteiger partial charge in [0.2, 0.25) is 0 Å². The third-order valence-corrected chi connectivity index (χ3v) is 2.71. The molecular formula is C12H13N3O4. The first-order valence-electron chi connectivity index (χ1n) is 5.37. The van der Waals surface area contributed by atoms with Crippen molar-refractivity contribution >= 4 is 11.8 Å². The van der Waals surface area contributed by atoms with E-state index >= 15 is 0 Å². The largest absolute Gasteiger partial charge is 0.496 e. The molecule has 0 aliphatic carbocycles. The minimum atomic E-state index is -1.09. The van der Waals surface area contributed by atoms with Gasteiger partial charge in [0, 0.05) is 17.2 Å². The van der Waals surface area contributed by atoms with Gasteiger partial charge in [-0.3, -0.25) is 5.10 Å². The van der Waals surface area contributed by atoms with E-state index in [4.69, 9.17) is 15.2 Å². The van der Waals surface area contributed by atoms with Gasteiger partial charge >= 0.3 is 5.97 Å². The van der Waals surface area contributed by atoms with Crippen LogP contribution in [0.4, 0.5) is 5.82 Å². The highest BCUT2D eigenvalue weighted by Gasteiger charge is 2.19. The van der Waals surface area contributed by atoms with Crippen molar-refractivity contribution < 1.29 is 19.4 Å². The number of hydrogen-bond acceptors (Lipinski definition) is 5. The predicted octanol–water partition coefficient (Wildman–Crippen LogP) is 1.37. The Morgan fingerprint density at radius 2 is 1.95 bits per heavy atom. The smallest absolute Gasteiger partial charge is 0.339 e. The summed E-state index contributed by atoms with van der Waals surface area (Å²) in [6.07, 6.45) is 1.51. The number of anilines is 1. The number of nitrogens with two attached hydrogens (primary N) is 1. The Bertz CT molecular complexity index is 621. The molecule has 1 aromatic heterocycles. The highest BCUT2D eigenvalue weighted by molar-refractivity contribution is 5.94. The number of nitrogen functional groups attached to an aromatic ring is 1. The van der Waals surface area contributed by atoms with Crippen molar-refractivity contribution in [3.05, 3.63) is 23.9 Å². The summed E-state index contributed by atoms with van der Waals surface area (Å²) >= 11 is 0. The second kappa shape index (κ2) is 4.89. The number of carbonyl (C=O) groups is 1. The van der Waals surface area contributed by atoms with Crippen molar-refractivity contribution in [1.82, 2.24) is 10.2 Å². The summed E-state index contributed by atoms with van der Waals surface area (Å²) < 4.78 is 10.3. The number of aromatic carboxylic acids is 1. The number of carboxylic acid groups (broad SMARTS) is 1. The summed E-state index contributed by atoms with van der Waals surface area (Å²) in [7, 11) is 2.88. The van der Waals surface area contributed by atoms with E-state index in [0.29, 0.717) is 22.7 Å². The third kappa shape index (κ3) is 2.17. The van der Waals surface area contributed by atoms with E-state index in [1.54, 1.807) is 0 Å². The number of aromatic amines is 1. The second-order valence-electron chi connectivity index (χ2n) is 3.76. The molecule has 4 N–H and O–H groups in total. The quantitative estimate of drug-likeness (QED) is 0.768. The van der Waals surface area contributed by atoms with Gasteiger partial charge < -0.3 is 20.3 Å². The molecule has 0 fully saturated rings. The number of hydrogen-bond donors (Lipinski definition) is 3. The molecule has 7 nitrogen and oxygen atoms in total. The number of aromatic nitrogens is 2. The van der Waals surface area contributed by atoms with Crippen molar-refractivity contribution in [3.63, 3.8) is 0 Å². The van der Waals surface area contributed by atoms with Crippen LogP contribution in [0, 0.1) is 0 Å². The normalized spacial score (nSPS) is 10.2. The standard InChI is InChI=1S/C12H13N3O4/c1-18-9-4-10(19-2)7(12(16)17)3-6(9)8-5-14-15-11(8)13/h3-5H,1-2H3,(H,16,17)(H3,13,14,15). The molecule has 0 unspecified atom stereocenters. The van der Waals surface area contributed by atoms with Gasteiger partial charge in [-0.05, 0) is 6.07 Å². The molecule has 0 aliphatic heterocycles. The number of carboxylic acids is 1. The molecule has 1 heterocycles. The van der Waals surface area contributed by atoms with Gasteiger partial charge in [0.05, 0.1) is 20.4 Å². The molecule has 2 rings (SSSR count). The topological polar surface area (TPSA) is 110 Å². The molecule has 2 aromatic rings. The van der Waals surface area contributed by atoms with Crippen LogP contribution in [0.5, 0.6) is 11.5 Å². The molecule has 1 aromatic carbocycles. The number of benzene rings is 1. The summed E-state index contributed by atoms with van der Waals surface area (Å²) in [6, 6.07) is 2.95. The lowest BCUT2D eigenvalue weighted by atomic mass is 10.0. The molecule has 100 valence electrons. The summed E-state index contributed by atoms with van der Waals surface area (Å²) in [6.45, 7) is 0. The van der Waals surface area contributed by atoms with E-state index < -0.39 is 5.97 Å². The average Bonchev–Trinajstić information content (AvgIpc) is 2.83. The van der Waals surface area contributed by atoms with Gasteiger partial charge in [-0.25, -0.2) is 4.79 Å². The highest BCUT2D eigenvalue weighted by atomic mass is 16.5. The van der Waals surface area contributed by atoms with Crippen molar-refractivity contribution in [3.8, 4) is 22.6 Å². The molecule has 0 amide bonds. The number of H-pyrrole nitrogens is 1. The van der Waals surface area contributed by atoms with Gasteiger partial charge in [-0.15, -0.1) is 0 Å². The van der Waals surface area contributed by atoms with Crippen LogP contribution in [0.2, 0.25) is 0 Å². The van der Waals surface area contributed by atoms with Crippen LogP contribution in [0.1, 0.15) is 10.4 Å². The first-order chi connectivity index (χ1) is 9.08. The lowest BCUT2D eigenvalue weighted by Gasteiger charge is -2.12. The minimum absolute atomic E-state index is 0.0268. The first kappa shape index (κ1) is 12.7. The van der Waals surface area contributed by atoms with E-state index in [2.05, 4.69) is 10.2 Å². The zero-order valence-electron chi connectivity index (χ0n) is 10.4. The summed E-state index contributed by atoms with van der Waals surface area (Å²) in [5.74, 6) is -0.0901. The molecule has 7 heteroatoms. The highest BCUT2D eigenvalue weighted by Crippen LogP contribution is 2.37. The lowest BCUT2D eigenvalue weighted by molar-refractivity contribution is 0.0693. The Kier molecular flexibility index (Phi) is 3.28. The number of nitrogens with zero attached hydrogens (tertiary/aromatic N) is 1. The van der Waals surface area contributed by atoms with E-state index in [1.165, 1.54) is 32.5 Å². The summed E-state index contributed by atoms with van der Waals surface area (Å²) in [5, 5.41) is 15.6. The van der Waals surface area contributed by atoms with E-state index in [9.17, 15) is 9.90 Å². The minimum Gasteiger partial charge on any atom is -0.496 e. The summed E-state index contributed by atoms with van der Waals surface area (Å²) in [5.41, 5.74) is 6.87. The second-order valence-corrected chi connectivity index (χ2v) is 3.76.